The maximum Gasteiger partial charge on any atom is 0.340 e. The van der Waals surface area contributed by atoms with E-state index in [4.69, 9.17) is 11.6 Å². The Morgan fingerprint density at radius 1 is 1.33 bits per heavy atom. The number of carbonyl (C=O) groups is 3. The normalized spacial score (nSPS) is 9.72. The fourth-order valence-corrected chi connectivity index (χ4v) is 1.50. The number of hydrogen-bond acceptors (Lipinski definition) is 4. The highest BCUT2D eigenvalue weighted by Crippen LogP contribution is 2.21. The van der Waals surface area contributed by atoms with Crippen molar-refractivity contribution in [3.63, 3.8) is 0 Å². The molecular weight excluding hydrogens is 258 g/mol. The van der Waals surface area contributed by atoms with Crippen LogP contribution < -0.4 is 5.32 Å². The Labute approximate surface area is 109 Å². The summed E-state index contributed by atoms with van der Waals surface area (Å²) in [6, 6.07) is 4.39. The number of amides is 1. The predicted molar refractivity (Wildman–Crippen MR) is 66.7 cm³/mol. The molecule has 0 fully saturated rings. The minimum Gasteiger partial charge on any atom is -0.465 e. The van der Waals surface area contributed by atoms with Gasteiger partial charge >= 0.3 is 5.97 Å². The molecule has 0 heterocycles. The number of halogens is 1. The Hall–Kier alpha value is -1.88. The second-order valence-electron chi connectivity index (χ2n) is 3.61. The Kier molecular flexibility index (Phi) is 4.85. The highest BCUT2D eigenvalue weighted by Gasteiger charge is 2.15. The van der Waals surface area contributed by atoms with Crippen LogP contribution in [0.15, 0.2) is 18.2 Å². The SMILES string of the molecule is COC(=O)c1cc(Cl)ccc1NC(=O)CC(C)=O. The molecule has 1 rings (SSSR count). The Morgan fingerprint density at radius 2 is 2.00 bits per heavy atom. The average molecular weight is 270 g/mol. The van der Waals surface area contributed by atoms with E-state index < -0.39 is 11.9 Å². The summed E-state index contributed by atoms with van der Waals surface area (Å²) in [4.78, 5) is 33.7. The zero-order valence-electron chi connectivity index (χ0n) is 9.95. The summed E-state index contributed by atoms with van der Waals surface area (Å²) in [5.41, 5.74) is 0.402. The van der Waals surface area contributed by atoms with Crippen molar-refractivity contribution < 1.29 is 19.1 Å². The van der Waals surface area contributed by atoms with Gasteiger partial charge in [0.1, 0.15) is 5.78 Å². The van der Waals surface area contributed by atoms with Crippen LogP contribution in [-0.2, 0) is 14.3 Å². The molecule has 1 N–H and O–H groups in total. The minimum atomic E-state index is -0.615. The van der Waals surface area contributed by atoms with E-state index in [2.05, 4.69) is 10.1 Å². The van der Waals surface area contributed by atoms with E-state index in [1.54, 1.807) is 0 Å². The molecule has 0 aromatic heterocycles. The number of hydrogen-bond donors (Lipinski definition) is 1. The van der Waals surface area contributed by atoms with Gasteiger partial charge in [-0.25, -0.2) is 4.79 Å². The molecule has 18 heavy (non-hydrogen) atoms. The summed E-state index contributed by atoms with van der Waals surface area (Å²) >= 11 is 5.76. The second kappa shape index (κ2) is 6.16. The smallest absolute Gasteiger partial charge is 0.340 e. The van der Waals surface area contributed by atoms with Gasteiger partial charge in [0.15, 0.2) is 0 Å². The summed E-state index contributed by atoms with van der Waals surface area (Å²) < 4.78 is 4.58. The number of benzene rings is 1. The van der Waals surface area contributed by atoms with Gasteiger partial charge in [-0.2, -0.15) is 0 Å². The van der Waals surface area contributed by atoms with Gasteiger partial charge in [0.2, 0.25) is 5.91 Å². The van der Waals surface area contributed by atoms with Gasteiger partial charge in [-0.1, -0.05) is 11.6 Å². The topological polar surface area (TPSA) is 72.5 Å². The third-order valence-corrected chi connectivity index (χ3v) is 2.31. The summed E-state index contributed by atoms with van der Waals surface area (Å²) in [5.74, 6) is -1.37. The van der Waals surface area contributed by atoms with Gasteiger partial charge in [0.05, 0.1) is 24.8 Å². The molecule has 1 aromatic rings. The first-order chi connectivity index (χ1) is 8.43. The molecule has 0 atom stereocenters. The number of Topliss-reactive ketones (excluding diaryl/α,β-unsaturated/α-hetero) is 1. The standard InChI is InChI=1S/C12H12ClNO4/c1-7(15)5-11(16)14-10-4-3-8(13)6-9(10)12(17)18-2/h3-4,6H,5H2,1-2H3,(H,14,16). The molecule has 0 aliphatic rings. The van der Waals surface area contributed by atoms with E-state index in [1.165, 1.54) is 32.2 Å². The van der Waals surface area contributed by atoms with E-state index in [0.717, 1.165) is 0 Å². The van der Waals surface area contributed by atoms with Crippen molar-refractivity contribution in [2.45, 2.75) is 13.3 Å². The molecule has 0 aliphatic heterocycles. The lowest BCUT2D eigenvalue weighted by Gasteiger charge is -2.09. The van der Waals surface area contributed by atoms with Gasteiger partial charge in [0, 0.05) is 5.02 Å². The molecule has 1 aromatic carbocycles. The molecule has 0 spiro atoms. The maximum absolute atomic E-state index is 11.5. The quantitative estimate of drug-likeness (QED) is 0.671. The Balaban J connectivity index is 2.98. The van der Waals surface area contributed by atoms with Crippen LogP contribution in [-0.4, -0.2) is 24.8 Å². The van der Waals surface area contributed by atoms with Crippen LogP contribution in [0.2, 0.25) is 5.02 Å². The van der Waals surface area contributed by atoms with E-state index in [1.807, 2.05) is 0 Å². The number of ketones is 1. The number of rotatable bonds is 4. The summed E-state index contributed by atoms with van der Waals surface area (Å²) in [5, 5.41) is 2.81. The lowest BCUT2D eigenvalue weighted by atomic mass is 10.1. The fraction of sp³-hybridized carbons (Fsp3) is 0.250. The summed E-state index contributed by atoms with van der Waals surface area (Å²) in [6.07, 6.45) is -0.247. The molecule has 0 bridgehead atoms. The molecule has 96 valence electrons. The third-order valence-electron chi connectivity index (χ3n) is 2.07. The molecule has 5 nitrogen and oxygen atoms in total. The van der Waals surface area contributed by atoms with Crippen LogP contribution in [0.3, 0.4) is 0 Å². The van der Waals surface area contributed by atoms with Crippen LogP contribution in [0.1, 0.15) is 23.7 Å². The second-order valence-corrected chi connectivity index (χ2v) is 4.04. The van der Waals surface area contributed by atoms with Crippen molar-refractivity contribution in [1.29, 1.82) is 0 Å². The molecule has 0 saturated heterocycles. The molecule has 0 radical (unpaired) electrons. The van der Waals surface area contributed by atoms with Crippen LogP contribution in [0.4, 0.5) is 5.69 Å². The highest BCUT2D eigenvalue weighted by atomic mass is 35.5. The third kappa shape index (κ3) is 3.85. The van der Waals surface area contributed by atoms with Crippen molar-refractivity contribution in [1.82, 2.24) is 0 Å². The summed E-state index contributed by atoms with van der Waals surface area (Å²) in [7, 11) is 1.23. The predicted octanol–water partition coefficient (Wildman–Crippen LogP) is 2.04. The largest absolute Gasteiger partial charge is 0.465 e. The fourth-order valence-electron chi connectivity index (χ4n) is 1.32. The monoisotopic (exact) mass is 269 g/mol. The zero-order chi connectivity index (χ0) is 13.7. The van der Waals surface area contributed by atoms with Crippen molar-refractivity contribution >= 4 is 34.9 Å². The zero-order valence-corrected chi connectivity index (χ0v) is 10.7. The molecule has 0 aliphatic carbocycles. The molecule has 1 amide bonds. The minimum absolute atomic E-state index is 0.141. The van der Waals surface area contributed by atoms with Crippen molar-refractivity contribution in [3.8, 4) is 0 Å². The number of ether oxygens (including phenoxy) is 1. The number of anilines is 1. The maximum atomic E-state index is 11.5. The van der Waals surface area contributed by atoms with Crippen LogP contribution in [0.25, 0.3) is 0 Å². The molecule has 6 heteroatoms. The van der Waals surface area contributed by atoms with E-state index in [9.17, 15) is 14.4 Å². The van der Waals surface area contributed by atoms with Crippen molar-refractivity contribution in [3.05, 3.63) is 28.8 Å². The first-order valence-electron chi connectivity index (χ1n) is 5.11. The molecule has 0 saturated carbocycles. The lowest BCUT2D eigenvalue weighted by molar-refractivity contribution is -0.124. The number of carbonyl (C=O) groups excluding carboxylic acids is 3. The van der Waals surface area contributed by atoms with Crippen LogP contribution >= 0.6 is 11.6 Å². The van der Waals surface area contributed by atoms with Crippen molar-refractivity contribution in [2.75, 3.05) is 12.4 Å². The number of methoxy groups -OCH3 is 1. The van der Waals surface area contributed by atoms with E-state index >= 15 is 0 Å². The van der Waals surface area contributed by atoms with Gasteiger partial charge in [-0.3, -0.25) is 9.59 Å². The van der Waals surface area contributed by atoms with Gasteiger partial charge in [-0.05, 0) is 25.1 Å². The molecular formula is C12H12ClNO4. The highest BCUT2D eigenvalue weighted by molar-refractivity contribution is 6.31. The Bertz CT molecular complexity index is 499. The van der Waals surface area contributed by atoms with Crippen LogP contribution in [0.5, 0.6) is 0 Å². The van der Waals surface area contributed by atoms with Crippen molar-refractivity contribution in [2.24, 2.45) is 0 Å². The number of nitrogens with one attached hydrogen (secondary N) is 1. The first-order valence-corrected chi connectivity index (χ1v) is 5.49. The average Bonchev–Trinajstić information content (AvgIpc) is 2.29. The summed E-state index contributed by atoms with van der Waals surface area (Å²) in [6.45, 7) is 1.31. The van der Waals surface area contributed by atoms with Gasteiger partial charge < -0.3 is 10.1 Å². The van der Waals surface area contributed by atoms with Gasteiger partial charge in [0.25, 0.3) is 0 Å². The lowest BCUT2D eigenvalue weighted by Crippen LogP contribution is -2.17. The number of esters is 1. The Morgan fingerprint density at radius 3 is 2.56 bits per heavy atom. The molecule has 0 unspecified atom stereocenters. The van der Waals surface area contributed by atoms with E-state index in [-0.39, 0.29) is 23.5 Å². The first kappa shape index (κ1) is 14.2. The van der Waals surface area contributed by atoms with Gasteiger partial charge in [-0.15, -0.1) is 0 Å². The van der Waals surface area contributed by atoms with E-state index in [0.29, 0.717) is 5.02 Å². The van der Waals surface area contributed by atoms with Crippen LogP contribution in [0, 0.1) is 0 Å².